The molecular formula is C11H20O5. The van der Waals surface area contributed by atoms with Crippen LogP contribution in [0.5, 0.6) is 0 Å². The average molecular weight is 232 g/mol. The van der Waals surface area contributed by atoms with Crippen molar-refractivity contribution in [3.63, 3.8) is 0 Å². The molecule has 0 aromatic rings. The highest BCUT2D eigenvalue weighted by Gasteiger charge is 2.49. The van der Waals surface area contributed by atoms with Gasteiger partial charge in [-0.15, -0.1) is 0 Å². The molecule has 16 heavy (non-hydrogen) atoms. The highest BCUT2D eigenvalue weighted by atomic mass is 16.5. The fraction of sp³-hybridized carbons (Fsp3) is 0.909. The lowest BCUT2D eigenvalue weighted by Crippen LogP contribution is -2.62. The number of aliphatic hydroxyl groups is 3. The summed E-state index contributed by atoms with van der Waals surface area (Å²) in [7, 11) is 0. The number of hydrogen-bond donors (Lipinski definition) is 3. The van der Waals surface area contributed by atoms with Crippen molar-refractivity contribution in [3.8, 4) is 0 Å². The molecule has 1 saturated heterocycles. The summed E-state index contributed by atoms with van der Waals surface area (Å²) in [6.45, 7) is 6.80. The van der Waals surface area contributed by atoms with Crippen LogP contribution in [0.3, 0.4) is 0 Å². The van der Waals surface area contributed by atoms with E-state index in [1.54, 1.807) is 0 Å². The van der Waals surface area contributed by atoms with Gasteiger partial charge in [-0.3, -0.25) is 4.79 Å². The molecule has 3 N–H and O–H groups in total. The predicted molar refractivity (Wildman–Crippen MR) is 56.8 cm³/mol. The Morgan fingerprint density at radius 2 is 1.56 bits per heavy atom. The SMILES string of the molecule is CC(=O)C1OC(C(C)(C)C)C(O)C(O)C1O. The van der Waals surface area contributed by atoms with Crippen LogP contribution in [-0.4, -0.2) is 51.6 Å². The molecule has 0 bridgehead atoms. The van der Waals surface area contributed by atoms with E-state index >= 15 is 0 Å². The van der Waals surface area contributed by atoms with E-state index in [4.69, 9.17) is 4.74 Å². The zero-order chi connectivity index (χ0) is 12.7. The van der Waals surface area contributed by atoms with Crippen molar-refractivity contribution in [2.75, 3.05) is 0 Å². The Morgan fingerprint density at radius 1 is 1.06 bits per heavy atom. The summed E-state index contributed by atoms with van der Waals surface area (Å²) in [5, 5.41) is 29.1. The van der Waals surface area contributed by atoms with Gasteiger partial charge in [0.15, 0.2) is 5.78 Å². The van der Waals surface area contributed by atoms with Gasteiger partial charge in [0.2, 0.25) is 0 Å². The number of rotatable bonds is 1. The third-order valence-electron chi connectivity index (χ3n) is 2.87. The lowest BCUT2D eigenvalue weighted by atomic mass is 9.80. The Labute approximate surface area is 95.0 Å². The van der Waals surface area contributed by atoms with Crippen LogP contribution in [0.25, 0.3) is 0 Å². The van der Waals surface area contributed by atoms with E-state index in [2.05, 4.69) is 0 Å². The second-order valence-electron chi connectivity index (χ2n) is 5.43. The molecule has 0 aromatic carbocycles. The first-order valence-corrected chi connectivity index (χ1v) is 5.36. The monoisotopic (exact) mass is 232 g/mol. The maximum atomic E-state index is 11.3. The Hall–Kier alpha value is -0.490. The molecule has 1 aliphatic rings. The van der Waals surface area contributed by atoms with Crippen molar-refractivity contribution >= 4 is 5.78 Å². The molecule has 0 aromatic heterocycles. The van der Waals surface area contributed by atoms with Gasteiger partial charge in [0.25, 0.3) is 0 Å². The minimum Gasteiger partial charge on any atom is -0.388 e. The number of aliphatic hydroxyl groups excluding tert-OH is 3. The van der Waals surface area contributed by atoms with Crippen LogP contribution < -0.4 is 0 Å². The van der Waals surface area contributed by atoms with E-state index in [1.165, 1.54) is 6.92 Å². The molecule has 5 heteroatoms. The van der Waals surface area contributed by atoms with Crippen molar-refractivity contribution in [3.05, 3.63) is 0 Å². The van der Waals surface area contributed by atoms with Crippen molar-refractivity contribution in [2.45, 2.75) is 58.2 Å². The summed E-state index contributed by atoms with van der Waals surface area (Å²) < 4.78 is 5.40. The quantitative estimate of drug-likeness (QED) is 0.566. The van der Waals surface area contributed by atoms with Gasteiger partial charge >= 0.3 is 0 Å². The maximum absolute atomic E-state index is 11.3. The van der Waals surface area contributed by atoms with Crippen molar-refractivity contribution in [1.29, 1.82) is 0 Å². The fourth-order valence-corrected chi connectivity index (χ4v) is 1.93. The Balaban J connectivity index is 2.94. The summed E-state index contributed by atoms with van der Waals surface area (Å²) in [5.74, 6) is -0.354. The Morgan fingerprint density at radius 3 is 1.94 bits per heavy atom. The number of hydrogen-bond acceptors (Lipinski definition) is 5. The number of carbonyl (C=O) groups excluding carboxylic acids is 1. The fourth-order valence-electron chi connectivity index (χ4n) is 1.93. The molecule has 1 rings (SSSR count). The van der Waals surface area contributed by atoms with E-state index in [9.17, 15) is 20.1 Å². The third kappa shape index (κ3) is 2.43. The first-order valence-electron chi connectivity index (χ1n) is 5.36. The van der Waals surface area contributed by atoms with Gasteiger partial charge in [0.05, 0.1) is 6.10 Å². The molecule has 0 spiro atoms. The minimum absolute atomic E-state index is 0.354. The Kier molecular flexibility index (Phi) is 3.74. The lowest BCUT2D eigenvalue weighted by molar-refractivity contribution is -0.239. The summed E-state index contributed by atoms with van der Waals surface area (Å²) in [5.41, 5.74) is -0.422. The predicted octanol–water partition coefficient (Wildman–Crippen LogP) is -0.528. The van der Waals surface area contributed by atoms with Gasteiger partial charge in [-0.05, 0) is 12.3 Å². The van der Waals surface area contributed by atoms with E-state index in [-0.39, 0.29) is 5.78 Å². The van der Waals surface area contributed by atoms with Crippen LogP contribution in [0.1, 0.15) is 27.7 Å². The standard InChI is InChI=1S/C11H20O5/c1-5(12)9-7(14)6(13)8(15)10(16-9)11(2,3)4/h6-10,13-15H,1-4H3. The molecule has 5 nitrogen and oxygen atoms in total. The molecule has 1 aliphatic heterocycles. The second-order valence-corrected chi connectivity index (χ2v) is 5.43. The molecule has 5 unspecified atom stereocenters. The molecule has 1 heterocycles. The van der Waals surface area contributed by atoms with Crippen LogP contribution in [0.15, 0.2) is 0 Å². The number of carbonyl (C=O) groups is 1. The third-order valence-corrected chi connectivity index (χ3v) is 2.87. The molecular weight excluding hydrogens is 212 g/mol. The first-order chi connectivity index (χ1) is 7.16. The minimum atomic E-state index is -1.37. The van der Waals surface area contributed by atoms with E-state index in [0.29, 0.717) is 0 Å². The molecule has 5 atom stereocenters. The topological polar surface area (TPSA) is 87.0 Å². The van der Waals surface area contributed by atoms with Crippen molar-refractivity contribution < 1.29 is 24.9 Å². The van der Waals surface area contributed by atoms with Crippen LogP contribution in [0.2, 0.25) is 0 Å². The smallest absolute Gasteiger partial charge is 0.161 e. The van der Waals surface area contributed by atoms with E-state index in [1.807, 2.05) is 20.8 Å². The van der Waals surface area contributed by atoms with Gasteiger partial charge in [-0.1, -0.05) is 20.8 Å². The molecule has 0 saturated carbocycles. The zero-order valence-corrected chi connectivity index (χ0v) is 10.0. The van der Waals surface area contributed by atoms with Crippen molar-refractivity contribution in [2.24, 2.45) is 5.41 Å². The lowest BCUT2D eigenvalue weighted by Gasteiger charge is -2.45. The normalized spacial score (nSPS) is 40.8. The largest absolute Gasteiger partial charge is 0.388 e. The molecule has 0 radical (unpaired) electrons. The van der Waals surface area contributed by atoms with Crippen LogP contribution in [0, 0.1) is 5.41 Å². The number of Topliss-reactive ketones (excluding diaryl/α,β-unsaturated/α-hetero) is 1. The number of ether oxygens (including phenoxy) is 1. The molecule has 0 amide bonds. The van der Waals surface area contributed by atoms with Crippen molar-refractivity contribution in [1.82, 2.24) is 0 Å². The van der Waals surface area contributed by atoms with Gasteiger partial charge in [0.1, 0.15) is 24.4 Å². The second kappa shape index (κ2) is 4.41. The van der Waals surface area contributed by atoms with E-state index < -0.39 is 35.9 Å². The highest BCUT2D eigenvalue weighted by Crippen LogP contribution is 2.33. The number of ketones is 1. The summed E-state index contributed by atoms with van der Waals surface area (Å²) in [6.07, 6.45) is -5.66. The Bertz CT molecular complexity index is 270. The maximum Gasteiger partial charge on any atom is 0.161 e. The van der Waals surface area contributed by atoms with Gasteiger partial charge in [-0.25, -0.2) is 0 Å². The van der Waals surface area contributed by atoms with Gasteiger partial charge in [0, 0.05) is 0 Å². The first kappa shape index (κ1) is 13.6. The molecule has 0 aliphatic carbocycles. The summed E-state index contributed by atoms with van der Waals surface area (Å²) in [4.78, 5) is 11.3. The van der Waals surface area contributed by atoms with Crippen LogP contribution in [0.4, 0.5) is 0 Å². The van der Waals surface area contributed by atoms with Crippen LogP contribution in [-0.2, 0) is 9.53 Å². The highest BCUT2D eigenvalue weighted by molar-refractivity contribution is 5.81. The zero-order valence-electron chi connectivity index (χ0n) is 10.0. The van der Waals surface area contributed by atoms with Gasteiger partial charge < -0.3 is 20.1 Å². The average Bonchev–Trinajstić information content (AvgIpc) is 2.11. The molecule has 1 fully saturated rings. The summed E-state index contributed by atoms with van der Waals surface area (Å²) >= 11 is 0. The van der Waals surface area contributed by atoms with E-state index in [0.717, 1.165) is 0 Å². The molecule has 94 valence electrons. The van der Waals surface area contributed by atoms with Crippen LogP contribution >= 0.6 is 0 Å². The summed E-state index contributed by atoms with van der Waals surface area (Å²) in [6, 6.07) is 0. The van der Waals surface area contributed by atoms with Gasteiger partial charge in [-0.2, -0.15) is 0 Å².